The van der Waals surface area contributed by atoms with E-state index in [0.29, 0.717) is 25.1 Å². The van der Waals surface area contributed by atoms with Crippen LogP contribution in [0.2, 0.25) is 0 Å². The highest BCUT2D eigenvalue weighted by atomic mass is 32.1. The Morgan fingerprint density at radius 3 is 2.59 bits per heavy atom. The number of rotatable bonds is 7. The first kappa shape index (κ1) is 24.0. The molecule has 1 atom stereocenters. The van der Waals surface area contributed by atoms with E-state index in [4.69, 9.17) is 4.74 Å². The number of likely N-dealkylation sites (N-methyl/N-ethyl adjacent to an activating group) is 1. The molecule has 34 heavy (non-hydrogen) atoms. The van der Waals surface area contributed by atoms with E-state index in [-0.39, 0.29) is 29.3 Å². The summed E-state index contributed by atoms with van der Waals surface area (Å²) in [5.41, 5.74) is 1.90. The van der Waals surface area contributed by atoms with E-state index in [1.807, 2.05) is 47.0 Å². The van der Waals surface area contributed by atoms with E-state index in [0.717, 1.165) is 24.2 Å². The summed E-state index contributed by atoms with van der Waals surface area (Å²) in [6.45, 7) is 1.07. The number of likely N-dealkylation sites (tertiary alicyclic amines) is 1. The molecule has 1 aliphatic rings. The van der Waals surface area contributed by atoms with E-state index >= 15 is 0 Å². The van der Waals surface area contributed by atoms with Gasteiger partial charge in [0.25, 0.3) is 11.8 Å². The van der Waals surface area contributed by atoms with Crippen molar-refractivity contribution >= 4 is 23.2 Å². The number of hydrogen-bond acceptors (Lipinski definition) is 4. The minimum Gasteiger partial charge on any atom is -0.497 e. The number of hydrogen-bond donors (Lipinski definition) is 0. The quantitative estimate of drug-likeness (QED) is 0.471. The fraction of sp³-hybridized carbons (Fsp3) is 0.333. The Bertz CT molecular complexity index is 1130. The Balaban J connectivity index is 1.51. The Kier molecular flexibility index (Phi) is 7.63. The number of halogens is 1. The second kappa shape index (κ2) is 10.8. The van der Waals surface area contributed by atoms with Crippen LogP contribution in [0.15, 0.2) is 65.4 Å². The lowest BCUT2D eigenvalue weighted by Gasteiger charge is -2.40. The molecule has 0 unspecified atom stereocenters. The molecule has 0 bridgehead atoms. The fourth-order valence-corrected chi connectivity index (χ4v) is 5.32. The molecule has 1 aliphatic heterocycles. The van der Waals surface area contributed by atoms with Crippen LogP contribution in [0, 0.1) is 11.7 Å². The van der Waals surface area contributed by atoms with Crippen molar-refractivity contribution in [3.05, 3.63) is 87.9 Å². The molecule has 0 aliphatic carbocycles. The molecule has 4 rings (SSSR count). The van der Waals surface area contributed by atoms with Gasteiger partial charge in [0.2, 0.25) is 0 Å². The van der Waals surface area contributed by atoms with Gasteiger partial charge in [0.15, 0.2) is 0 Å². The predicted octanol–water partition coefficient (Wildman–Crippen LogP) is 5.13. The van der Waals surface area contributed by atoms with E-state index < -0.39 is 5.82 Å². The third-order valence-corrected chi connectivity index (χ3v) is 7.32. The zero-order valence-electron chi connectivity index (χ0n) is 19.4. The van der Waals surface area contributed by atoms with Crippen molar-refractivity contribution in [2.24, 2.45) is 5.92 Å². The minimum absolute atomic E-state index is 0.000918. The third-order valence-electron chi connectivity index (χ3n) is 6.64. The zero-order chi connectivity index (χ0) is 24.1. The number of nitrogens with zero attached hydrogens (tertiary/aromatic N) is 2. The average Bonchev–Trinajstić information content (AvgIpc) is 3.42. The predicted molar refractivity (Wildman–Crippen MR) is 132 cm³/mol. The van der Waals surface area contributed by atoms with Gasteiger partial charge in [0, 0.05) is 31.6 Å². The monoisotopic (exact) mass is 480 g/mol. The van der Waals surface area contributed by atoms with Crippen LogP contribution in [0.25, 0.3) is 0 Å². The Labute approximate surface area is 203 Å². The highest BCUT2D eigenvalue weighted by molar-refractivity contribution is 7.08. The van der Waals surface area contributed by atoms with Gasteiger partial charge in [-0.2, -0.15) is 11.3 Å². The molecule has 0 spiro atoms. The molecule has 3 aromatic rings. The third kappa shape index (κ3) is 5.30. The standard InChI is InChI=1S/C27H29FN2O3S/c1-29(26(31)21-12-15-34-18-21)25(17-19-6-5-7-22(16-19)33-2)20-10-13-30(14-11-20)27(32)23-8-3-4-9-24(23)28/h3-9,12,15-16,18,20,25H,10-11,13-14,17H2,1-2H3/t25-/m0/s1. The van der Waals surface area contributed by atoms with Crippen LogP contribution in [0.1, 0.15) is 39.1 Å². The highest BCUT2D eigenvalue weighted by Crippen LogP contribution is 2.29. The molecular formula is C27H29FN2O3S. The van der Waals surface area contributed by atoms with E-state index in [2.05, 4.69) is 6.07 Å². The van der Waals surface area contributed by atoms with Crippen LogP contribution >= 0.6 is 11.3 Å². The number of carbonyl (C=O) groups is 2. The van der Waals surface area contributed by atoms with Gasteiger partial charge in [-0.15, -0.1) is 0 Å². The van der Waals surface area contributed by atoms with Gasteiger partial charge in [0.1, 0.15) is 11.6 Å². The molecular weight excluding hydrogens is 451 g/mol. The minimum atomic E-state index is -0.494. The average molecular weight is 481 g/mol. The Morgan fingerprint density at radius 1 is 1.15 bits per heavy atom. The van der Waals surface area contributed by atoms with Crippen molar-refractivity contribution in [3.63, 3.8) is 0 Å². The molecule has 0 radical (unpaired) electrons. The smallest absolute Gasteiger partial charge is 0.256 e. The molecule has 2 heterocycles. The number of benzene rings is 2. The number of piperidine rings is 1. The number of methoxy groups -OCH3 is 1. The largest absolute Gasteiger partial charge is 0.497 e. The van der Waals surface area contributed by atoms with Crippen molar-refractivity contribution in [1.82, 2.24) is 9.80 Å². The summed E-state index contributed by atoms with van der Waals surface area (Å²) >= 11 is 1.51. The van der Waals surface area contributed by atoms with Crippen LogP contribution in [0.3, 0.4) is 0 Å². The molecule has 1 aromatic heterocycles. The summed E-state index contributed by atoms with van der Waals surface area (Å²) in [7, 11) is 3.51. The summed E-state index contributed by atoms with van der Waals surface area (Å²) in [6, 6.07) is 15.8. The number of thiophene rings is 1. The van der Waals surface area contributed by atoms with E-state index in [1.165, 1.54) is 23.5 Å². The van der Waals surface area contributed by atoms with Crippen molar-refractivity contribution in [3.8, 4) is 5.75 Å². The maximum Gasteiger partial charge on any atom is 0.256 e. The molecule has 2 amide bonds. The van der Waals surface area contributed by atoms with Gasteiger partial charge in [-0.05, 0) is 66.5 Å². The lowest BCUT2D eigenvalue weighted by Crippen LogP contribution is -2.48. The van der Waals surface area contributed by atoms with Gasteiger partial charge in [-0.25, -0.2) is 4.39 Å². The van der Waals surface area contributed by atoms with Gasteiger partial charge in [-0.3, -0.25) is 9.59 Å². The zero-order valence-corrected chi connectivity index (χ0v) is 20.3. The second-order valence-corrected chi connectivity index (χ2v) is 9.44. The molecule has 1 fully saturated rings. The van der Waals surface area contributed by atoms with Crippen LogP contribution in [0.4, 0.5) is 4.39 Å². The summed E-state index contributed by atoms with van der Waals surface area (Å²) in [4.78, 5) is 29.6. The summed E-state index contributed by atoms with van der Waals surface area (Å²) < 4.78 is 19.5. The van der Waals surface area contributed by atoms with E-state index in [1.54, 1.807) is 24.1 Å². The Morgan fingerprint density at radius 2 is 1.91 bits per heavy atom. The van der Waals surface area contributed by atoms with Crippen LogP contribution in [0.5, 0.6) is 5.75 Å². The molecule has 7 heteroatoms. The lowest BCUT2D eigenvalue weighted by molar-refractivity contribution is 0.0520. The number of amides is 2. The van der Waals surface area contributed by atoms with Gasteiger partial charge < -0.3 is 14.5 Å². The van der Waals surface area contributed by atoms with Gasteiger partial charge >= 0.3 is 0 Å². The first-order valence-electron chi connectivity index (χ1n) is 11.4. The molecule has 2 aromatic carbocycles. The van der Waals surface area contributed by atoms with Gasteiger partial charge in [0.05, 0.1) is 18.2 Å². The molecule has 178 valence electrons. The second-order valence-electron chi connectivity index (χ2n) is 8.66. The van der Waals surface area contributed by atoms with Crippen LogP contribution < -0.4 is 4.74 Å². The maximum atomic E-state index is 14.1. The van der Waals surface area contributed by atoms with Crippen LogP contribution in [-0.2, 0) is 6.42 Å². The van der Waals surface area contributed by atoms with Crippen LogP contribution in [-0.4, -0.2) is 54.9 Å². The number of carbonyl (C=O) groups excluding carboxylic acids is 2. The first-order valence-corrected chi connectivity index (χ1v) is 12.4. The van der Waals surface area contributed by atoms with Crippen molar-refractivity contribution in [2.75, 3.05) is 27.2 Å². The highest BCUT2D eigenvalue weighted by Gasteiger charge is 2.33. The normalized spacial score (nSPS) is 15.1. The molecule has 0 N–H and O–H groups in total. The molecule has 1 saturated heterocycles. The molecule has 0 saturated carbocycles. The fourth-order valence-electron chi connectivity index (χ4n) is 4.69. The Hall–Kier alpha value is -3.19. The summed E-state index contributed by atoms with van der Waals surface area (Å²) in [5.74, 6) is 0.228. The van der Waals surface area contributed by atoms with Crippen molar-refractivity contribution in [1.29, 1.82) is 0 Å². The van der Waals surface area contributed by atoms with Gasteiger partial charge in [-0.1, -0.05) is 24.3 Å². The van der Waals surface area contributed by atoms with Crippen molar-refractivity contribution in [2.45, 2.75) is 25.3 Å². The van der Waals surface area contributed by atoms with Crippen molar-refractivity contribution < 1.29 is 18.7 Å². The topological polar surface area (TPSA) is 49.9 Å². The van der Waals surface area contributed by atoms with E-state index in [9.17, 15) is 14.0 Å². The maximum absolute atomic E-state index is 14.1. The number of ether oxygens (including phenoxy) is 1. The first-order chi connectivity index (χ1) is 16.5. The SMILES string of the molecule is COc1cccc(C[C@@H](C2CCN(C(=O)c3ccccc3F)CC2)N(C)C(=O)c2ccsc2)c1. The summed E-state index contributed by atoms with van der Waals surface area (Å²) in [5, 5.41) is 3.78. The lowest BCUT2D eigenvalue weighted by atomic mass is 9.84. The molecule has 5 nitrogen and oxygen atoms in total. The summed E-state index contributed by atoms with van der Waals surface area (Å²) in [6.07, 6.45) is 2.18.